The predicted octanol–water partition coefficient (Wildman–Crippen LogP) is 1.38. The fourth-order valence-electron chi connectivity index (χ4n) is 1.20. The maximum absolute atomic E-state index is 11.4. The van der Waals surface area contributed by atoms with E-state index in [2.05, 4.69) is 9.47 Å². The fourth-order valence-corrected chi connectivity index (χ4v) is 1.69. The van der Waals surface area contributed by atoms with E-state index in [0.717, 1.165) is 9.83 Å². The van der Waals surface area contributed by atoms with Crippen LogP contribution in [0.3, 0.4) is 0 Å². The number of hydrogen-bond donors (Lipinski definition) is 1. The molecule has 1 aromatic carbocycles. The maximum atomic E-state index is 11.4. The quantitative estimate of drug-likeness (QED) is 0.264. The number of halogens is 1. The SMILES string of the molecule is COC=C(Oc1ccc(I)cc1C(=O)O)C(=O)OC.[NaH]. The van der Waals surface area contributed by atoms with Crippen LogP contribution in [0.4, 0.5) is 0 Å². The molecule has 0 saturated heterocycles. The molecule has 0 heterocycles. The topological polar surface area (TPSA) is 82.1 Å². The minimum atomic E-state index is -1.16. The van der Waals surface area contributed by atoms with Gasteiger partial charge in [-0.3, -0.25) is 0 Å². The summed E-state index contributed by atoms with van der Waals surface area (Å²) < 4.78 is 15.2. The van der Waals surface area contributed by atoms with Crippen molar-refractivity contribution in [3.63, 3.8) is 0 Å². The molecule has 0 spiro atoms. The predicted molar refractivity (Wildman–Crippen MR) is 81.0 cm³/mol. The molecule has 0 saturated carbocycles. The third kappa shape index (κ3) is 5.31. The Bertz CT molecular complexity index is 529. The Balaban J connectivity index is 0.00000361. The van der Waals surface area contributed by atoms with Gasteiger partial charge in [0.2, 0.25) is 5.76 Å². The molecule has 0 unspecified atom stereocenters. The molecule has 1 aromatic rings. The molecule has 6 nitrogen and oxygen atoms in total. The second-order valence-corrected chi connectivity index (χ2v) is 4.50. The summed E-state index contributed by atoms with van der Waals surface area (Å²) >= 11 is 1.98. The molecule has 0 aromatic heterocycles. The van der Waals surface area contributed by atoms with Gasteiger partial charge in [-0.05, 0) is 40.8 Å². The van der Waals surface area contributed by atoms with Gasteiger partial charge in [-0.15, -0.1) is 0 Å². The van der Waals surface area contributed by atoms with Crippen molar-refractivity contribution in [2.24, 2.45) is 0 Å². The molecule has 0 aliphatic carbocycles. The van der Waals surface area contributed by atoms with Gasteiger partial charge < -0.3 is 19.3 Å². The summed E-state index contributed by atoms with van der Waals surface area (Å²) in [6.07, 6.45) is 1.04. The first kappa shape index (κ1) is 19.2. The van der Waals surface area contributed by atoms with Crippen LogP contribution in [0.15, 0.2) is 30.2 Å². The number of benzene rings is 1. The van der Waals surface area contributed by atoms with Gasteiger partial charge in [0.1, 0.15) is 17.6 Å². The zero-order chi connectivity index (χ0) is 14.4. The van der Waals surface area contributed by atoms with Crippen molar-refractivity contribution in [3.05, 3.63) is 39.4 Å². The first-order valence-electron chi connectivity index (χ1n) is 5.01. The second kappa shape index (κ2) is 9.22. The van der Waals surface area contributed by atoms with Crippen LogP contribution in [0.2, 0.25) is 0 Å². The molecule has 0 atom stereocenters. The number of rotatable bonds is 5. The van der Waals surface area contributed by atoms with E-state index in [4.69, 9.17) is 9.84 Å². The molecule has 0 bridgehead atoms. The summed E-state index contributed by atoms with van der Waals surface area (Å²) in [7, 11) is 2.51. The number of carboxylic acids is 1. The van der Waals surface area contributed by atoms with Crippen molar-refractivity contribution >= 4 is 64.1 Å². The van der Waals surface area contributed by atoms with Crippen LogP contribution < -0.4 is 4.74 Å². The molecular formula is C12H12INaO6. The van der Waals surface area contributed by atoms with E-state index >= 15 is 0 Å². The van der Waals surface area contributed by atoms with Crippen molar-refractivity contribution in [1.82, 2.24) is 0 Å². The molecule has 0 fully saturated rings. The Morgan fingerprint density at radius 2 is 1.95 bits per heavy atom. The van der Waals surface area contributed by atoms with Gasteiger partial charge >= 0.3 is 41.5 Å². The molecule has 1 N–H and O–H groups in total. The van der Waals surface area contributed by atoms with E-state index in [1.807, 2.05) is 22.6 Å². The Morgan fingerprint density at radius 1 is 1.30 bits per heavy atom. The number of ether oxygens (including phenoxy) is 3. The third-order valence-corrected chi connectivity index (χ3v) is 2.67. The van der Waals surface area contributed by atoms with Crippen LogP contribution in [0.5, 0.6) is 5.75 Å². The number of carboxylic acid groups (broad SMARTS) is 1. The monoisotopic (exact) mass is 402 g/mol. The Labute approximate surface area is 151 Å². The summed E-state index contributed by atoms with van der Waals surface area (Å²) in [5.41, 5.74) is -0.0576. The van der Waals surface area contributed by atoms with E-state index in [9.17, 15) is 9.59 Å². The standard InChI is InChI=1S/C12H11IO6.Na.H/c1-17-6-10(12(16)18-2)19-9-4-3-7(13)5-8(9)11(14)15;;/h3-6H,1-2H3,(H,14,15);;. The van der Waals surface area contributed by atoms with E-state index in [1.54, 1.807) is 6.07 Å². The molecule has 0 aliphatic rings. The molecule has 8 heteroatoms. The Morgan fingerprint density at radius 3 is 2.45 bits per heavy atom. The second-order valence-electron chi connectivity index (χ2n) is 3.26. The van der Waals surface area contributed by atoms with Crippen LogP contribution in [0.1, 0.15) is 10.4 Å². The van der Waals surface area contributed by atoms with E-state index in [0.29, 0.717) is 0 Å². The average Bonchev–Trinajstić information content (AvgIpc) is 2.38. The van der Waals surface area contributed by atoms with Crippen molar-refractivity contribution in [2.75, 3.05) is 14.2 Å². The van der Waals surface area contributed by atoms with Gasteiger partial charge in [-0.25, -0.2) is 9.59 Å². The van der Waals surface area contributed by atoms with E-state index in [-0.39, 0.29) is 46.6 Å². The minimum absolute atomic E-state index is 0. The van der Waals surface area contributed by atoms with Crippen LogP contribution in [0.25, 0.3) is 0 Å². The molecule has 0 amide bonds. The van der Waals surface area contributed by atoms with Crippen molar-refractivity contribution in [2.45, 2.75) is 0 Å². The Hall–Kier alpha value is -0.770. The van der Waals surface area contributed by atoms with Crippen molar-refractivity contribution in [1.29, 1.82) is 0 Å². The van der Waals surface area contributed by atoms with Gasteiger partial charge in [0, 0.05) is 3.57 Å². The van der Waals surface area contributed by atoms with Crippen LogP contribution in [0, 0.1) is 3.57 Å². The van der Waals surface area contributed by atoms with Gasteiger partial charge in [0.05, 0.1) is 14.2 Å². The first-order valence-corrected chi connectivity index (χ1v) is 6.09. The van der Waals surface area contributed by atoms with Crippen LogP contribution in [-0.2, 0) is 14.3 Å². The molecule has 0 radical (unpaired) electrons. The summed E-state index contributed by atoms with van der Waals surface area (Å²) in [4.78, 5) is 22.5. The average molecular weight is 402 g/mol. The number of carbonyl (C=O) groups excluding carboxylic acids is 1. The molecule has 1 rings (SSSR count). The van der Waals surface area contributed by atoms with Gasteiger partial charge in [-0.2, -0.15) is 0 Å². The molecule has 104 valence electrons. The van der Waals surface area contributed by atoms with E-state index in [1.165, 1.54) is 26.4 Å². The zero-order valence-corrected chi connectivity index (χ0v) is 12.3. The summed E-state index contributed by atoms with van der Waals surface area (Å²) in [5, 5.41) is 9.08. The van der Waals surface area contributed by atoms with E-state index < -0.39 is 11.9 Å². The Kier molecular flexibility index (Phi) is 8.86. The summed E-state index contributed by atoms with van der Waals surface area (Å²) in [6.45, 7) is 0. The molecular weight excluding hydrogens is 390 g/mol. The summed E-state index contributed by atoms with van der Waals surface area (Å²) in [5.74, 6) is -2.14. The number of hydrogen-bond acceptors (Lipinski definition) is 5. The normalized spacial score (nSPS) is 10.2. The number of methoxy groups -OCH3 is 2. The number of carbonyl (C=O) groups is 2. The zero-order valence-electron chi connectivity index (χ0n) is 10.2. The fraction of sp³-hybridized carbons (Fsp3) is 0.167. The van der Waals surface area contributed by atoms with Crippen LogP contribution >= 0.6 is 22.6 Å². The first-order chi connectivity index (χ1) is 8.99. The molecule has 20 heavy (non-hydrogen) atoms. The molecule has 0 aliphatic heterocycles. The van der Waals surface area contributed by atoms with Gasteiger partial charge in [-0.1, -0.05) is 0 Å². The van der Waals surface area contributed by atoms with Crippen molar-refractivity contribution in [3.8, 4) is 5.75 Å². The van der Waals surface area contributed by atoms with Gasteiger partial charge in [0.25, 0.3) is 0 Å². The third-order valence-electron chi connectivity index (χ3n) is 2.00. The van der Waals surface area contributed by atoms with Gasteiger partial charge in [0.15, 0.2) is 0 Å². The summed E-state index contributed by atoms with van der Waals surface area (Å²) in [6, 6.07) is 4.54. The van der Waals surface area contributed by atoms with Crippen molar-refractivity contribution < 1.29 is 28.9 Å². The number of esters is 1. The number of aromatic carboxylic acids is 1. The van der Waals surface area contributed by atoms with Crippen LogP contribution in [-0.4, -0.2) is 60.8 Å².